The van der Waals surface area contributed by atoms with E-state index in [1.54, 1.807) is 20.8 Å². The molecule has 3 atom stereocenters. The fourth-order valence-electron chi connectivity index (χ4n) is 6.00. The number of unbranched alkanes of at least 4 members (excludes halogenated alkanes) is 18. The highest BCUT2D eigenvalue weighted by molar-refractivity contribution is 5.70. The van der Waals surface area contributed by atoms with E-state index in [1.807, 2.05) is 0 Å². The predicted octanol–water partition coefficient (Wildman–Crippen LogP) is 7.06. The number of carboxylic acid groups (broad SMARTS) is 3. The summed E-state index contributed by atoms with van der Waals surface area (Å²) in [6, 6.07) is 0. The van der Waals surface area contributed by atoms with Crippen molar-refractivity contribution in [1.82, 2.24) is 0 Å². The van der Waals surface area contributed by atoms with Gasteiger partial charge in [0.15, 0.2) is 0 Å². The number of carboxylic acids is 3. The molecule has 0 aromatic heterocycles. The monoisotopic (exact) mass is 569 g/mol. The van der Waals surface area contributed by atoms with Crippen molar-refractivity contribution >= 4 is 17.9 Å². The number of hydrogen-bond acceptors (Lipinski definition) is 4. The molecule has 0 heterocycles. The first kappa shape index (κ1) is 38.4. The van der Waals surface area contributed by atoms with Crippen LogP contribution in [0.1, 0.15) is 150 Å². The van der Waals surface area contributed by atoms with E-state index in [9.17, 15) is 29.7 Å². The summed E-state index contributed by atoms with van der Waals surface area (Å²) in [4.78, 5) is 34.7. The van der Waals surface area contributed by atoms with Gasteiger partial charge in [0.2, 0.25) is 0 Å². The molecular formula is C33H63NO6. The average molecular weight is 570 g/mol. The Bertz CT molecular complexity index is 612. The van der Waals surface area contributed by atoms with Crippen molar-refractivity contribution in [3.63, 3.8) is 0 Å². The van der Waals surface area contributed by atoms with Gasteiger partial charge in [-0.15, -0.1) is 0 Å². The van der Waals surface area contributed by atoms with Crippen LogP contribution in [0.5, 0.6) is 0 Å². The smallest absolute Gasteiger partial charge is 0.311 e. The van der Waals surface area contributed by atoms with Gasteiger partial charge in [0.1, 0.15) is 11.8 Å². The quantitative estimate of drug-likeness (QED) is 0.0736. The molecule has 7 nitrogen and oxygen atoms in total. The fourth-order valence-corrected chi connectivity index (χ4v) is 6.00. The molecule has 40 heavy (non-hydrogen) atoms. The second kappa shape index (κ2) is 24.0. The highest BCUT2D eigenvalue weighted by atomic mass is 16.4. The Balaban J connectivity index is 4.25. The van der Waals surface area contributed by atoms with Gasteiger partial charge in [-0.3, -0.25) is 9.59 Å². The van der Waals surface area contributed by atoms with Crippen molar-refractivity contribution < 1.29 is 34.2 Å². The van der Waals surface area contributed by atoms with Gasteiger partial charge < -0.3 is 24.6 Å². The predicted molar refractivity (Wildman–Crippen MR) is 161 cm³/mol. The lowest BCUT2D eigenvalue weighted by molar-refractivity contribution is -0.934. The van der Waals surface area contributed by atoms with E-state index < -0.39 is 35.7 Å². The summed E-state index contributed by atoms with van der Waals surface area (Å²) in [7, 11) is 0. The summed E-state index contributed by atoms with van der Waals surface area (Å²) < 4.78 is 0.190. The number of rotatable bonds is 29. The lowest BCUT2D eigenvalue weighted by Gasteiger charge is -2.43. The second-order valence-corrected chi connectivity index (χ2v) is 12.7. The maximum Gasteiger partial charge on any atom is 0.311 e. The van der Waals surface area contributed by atoms with Crippen molar-refractivity contribution in [2.75, 3.05) is 26.2 Å². The Labute approximate surface area is 245 Å². The first-order valence-electron chi connectivity index (χ1n) is 16.6. The Kier molecular flexibility index (Phi) is 23.0. The third-order valence-electron chi connectivity index (χ3n) is 8.46. The largest absolute Gasteiger partial charge is 0.550 e. The van der Waals surface area contributed by atoms with Crippen LogP contribution in [0.25, 0.3) is 0 Å². The SMILES string of the molecule is CCCCCCCCCCCCCCCCCCCCC[N+](CC(C)C(=O)[O-])(CC(C)C(=O)O)CC(C)C(=O)O. The fraction of sp³-hybridized carbons (Fsp3) is 0.909. The van der Waals surface area contributed by atoms with Gasteiger partial charge in [-0.1, -0.05) is 123 Å². The third kappa shape index (κ3) is 20.3. The van der Waals surface area contributed by atoms with Gasteiger partial charge in [-0.25, -0.2) is 0 Å². The highest BCUT2D eigenvalue weighted by Gasteiger charge is 2.36. The zero-order valence-electron chi connectivity index (χ0n) is 26.5. The van der Waals surface area contributed by atoms with Gasteiger partial charge in [0, 0.05) is 11.9 Å². The number of nitrogens with zero attached hydrogens (tertiary/aromatic N) is 1. The number of quaternary nitrogens is 1. The van der Waals surface area contributed by atoms with Crippen LogP contribution >= 0.6 is 0 Å². The molecule has 0 fully saturated rings. The highest BCUT2D eigenvalue weighted by Crippen LogP contribution is 2.22. The molecule has 0 bridgehead atoms. The van der Waals surface area contributed by atoms with Crippen molar-refractivity contribution in [2.45, 2.75) is 150 Å². The minimum Gasteiger partial charge on any atom is -0.550 e. The van der Waals surface area contributed by atoms with Crippen LogP contribution in [-0.2, 0) is 14.4 Å². The molecule has 0 aliphatic heterocycles. The molecule has 0 aliphatic carbocycles. The van der Waals surface area contributed by atoms with E-state index in [2.05, 4.69) is 6.92 Å². The normalized spacial score (nSPS) is 15.3. The van der Waals surface area contributed by atoms with Crippen molar-refractivity contribution in [2.24, 2.45) is 17.8 Å². The van der Waals surface area contributed by atoms with Crippen LogP contribution in [0, 0.1) is 17.8 Å². The van der Waals surface area contributed by atoms with E-state index in [0.29, 0.717) is 6.54 Å². The third-order valence-corrected chi connectivity index (χ3v) is 8.46. The molecule has 0 radical (unpaired) electrons. The van der Waals surface area contributed by atoms with E-state index in [4.69, 9.17) is 0 Å². The molecule has 0 saturated carbocycles. The number of carbonyl (C=O) groups is 3. The second-order valence-electron chi connectivity index (χ2n) is 12.7. The lowest BCUT2D eigenvalue weighted by atomic mass is 10.00. The summed E-state index contributed by atoms with van der Waals surface area (Å²) in [6.07, 6.45) is 24.5. The van der Waals surface area contributed by atoms with Gasteiger partial charge in [0.25, 0.3) is 0 Å². The maximum atomic E-state index is 11.6. The van der Waals surface area contributed by atoms with E-state index in [0.717, 1.165) is 19.3 Å². The van der Waals surface area contributed by atoms with Crippen LogP contribution in [0.2, 0.25) is 0 Å². The van der Waals surface area contributed by atoms with Crippen molar-refractivity contribution in [3.05, 3.63) is 0 Å². The van der Waals surface area contributed by atoms with Crippen LogP contribution in [-0.4, -0.2) is 58.8 Å². The Hall–Kier alpha value is -1.63. The van der Waals surface area contributed by atoms with Crippen LogP contribution in [0.3, 0.4) is 0 Å². The first-order chi connectivity index (χ1) is 19.0. The van der Waals surface area contributed by atoms with Crippen LogP contribution in [0.4, 0.5) is 0 Å². The maximum absolute atomic E-state index is 11.6. The zero-order chi connectivity index (χ0) is 30.2. The molecule has 0 aromatic carbocycles. The minimum absolute atomic E-state index is 0.190. The summed E-state index contributed by atoms with van der Waals surface area (Å²) in [5.41, 5.74) is 0. The average Bonchev–Trinajstić information content (AvgIpc) is 2.89. The molecule has 2 N–H and O–H groups in total. The van der Waals surface area contributed by atoms with Gasteiger partial charge in [-0.2, -0.15) is 0 Å². The number of hydrogen-bond donors (Lipinski definition) is 2. The van der Waals surface area contributed by atoms with Crippen molar-refractivity contribution in [3.8, 4) is 0 Å². The molecule has 0 amide bonds. The zero-order valence-corrected chi connectivity index (χ0v) is 26.5. The molecule has 0 aliphatic rings. The summed E-state index contributed by atoms with van der Waals surface area (Å²) >= 11 is 0. The van der Waals surface area contributed by atoms with E-state index >= 15 is 0 Å². The summed E-state index contributed by atoms with van der Waals surface area (Å²) in [6.45, 7) is 8.29. The Morgan fingerprint density at radius 3 is 1.07 bits per heavy atom. The molecular weight excluding hydrogens is 506 g/mol. The molecule has 0 saturated heterocycles. The minimum atomic E-state index is -1.18. The topological polar surface area (TPSA) is 115 Å². The molecule has 0 spiro atoms. The van der Waals surface area contributed by atoms with Crippen LogP contribution in [0.15, 0.2) is 0 Å². The standard InChI is InChI=1S/C33H63NO6/c1-5-6-7-8-9-10-11-12-13-14-15-16-17-18-19-20-21-22-23-24-34(25-28(2)31(35)36,26-29(3)32(37)38)27-30(4)33(39)40/h28-30H,5-27H2,1-4H3,(H2-,35,36,37,38,39,40). The van der Waals surface area contributed by atoms with E-state index in [-0.39, 0.29) is 24.1 Å². The Morgan fingerprint density at radius 1 is 0.525 bits per heavy atom. The number of carbonyl (C=O) groups excluding carboxylic acids is 1. The lowest BCUT2D eigenvalue weighted by Crippen LogP contribution is -2.58. The van der Waals surface area contributed by atoms with Gasteiger partial charge >= 0.3 is 11.9 Å². The summed E-state index contributed by atoms with van der Waals surface area (Å²) in [5.74, 6) is -5.21. The molecule has 236 valence electrons. The molecule has 7 heteroatoms. The van der Waals surface area contributed by atoms with Crippen molar-refractivity contribution in [1.29, 1.82) is 0 Å². The number of aliphatic carboxylic acids is 3. The van der Waals surface area contributed by atoms with Gasteiger partial charge in [0.05, 0.1) is 26.2 Å². The molecule has 3 unspecified atom stereocenters. The molecule has 0 rings (SSSR count). The molecule has 0 aromatic rings. The van der Waals surface area contributed by atoms with Gasteiger partial charge in [-0.05, 0) is 26.7 Å². The van der Waals surface area contributed by atoms with Crippen LogP contribution < -0.4 is 5.11 Å². The Morgan fingerprint density at radius 2 is 0.800 bits per heavy atom. The first-order valence-corrected chi connectivity index (χ1v) is 16.6. The van der Waals surface area contributed by atoms with E-state index in [1.165, 1.54) is 103 Å². The summed E-state index contributed by atoms with van der Waals surface area (Å²) in [5, 5.41) is 30.5.